The molecule has 0 aliphatic carbocycles. The number of carbonyl (C=O) groups is 1. The molecule has 0 saturated heterocycles. The Labute approximate surface area is 126 Å². The fourth-order valence-electron chi connectivity index (χ4n) is 1.74. The highest BCUT2D eigenvalue weighted by molar-refractivity contribution is 7.92. The van der Waals surface area contributed by atoms with E-state index in [0.29, 0.717) is 0 Å². The molecule has 2 N–H and O–H groups in total. The number of hydrogen-bond donors (Lipinski definition) is 2. The second-order valence-corrected chi connectivity index (χ2v) is 6.48. The summed E-state index contributed by atoms with van der Waals surface area (Å²) in [6, 6.07) is 5.81. The molecule has 0 bridgehead atoms. The normalized spacial score (nSPS) is 11.4. The fraction of sp³-hybridized carbons (Fsp3) is 0.154. The summed E-state index contributed by atoms with van der Waals surface area (Å²) in [5, 5.41) is 9.07. The maximum absolute atomic E-state index is 12.3. The number of aromatic carboxylic acids is 1. The van der Waals surface area contributed by atoms with Crippen molar-refractivity contribution in [3.05, 3.63) is 46.4 Å². The lowest BCUT2D eigenvalue weighted by molar-refractivity contribution is 0.0661. The van der Waals surface area contributed by atoms with Gasteiger partial charge in [-0.2, -0.15) is 0 Å². The molecule has 0 aliphatic heterocycles. The van der Waals surface area contributed by atoms with Crippen LogP contribution in [0.15, 0.2) is 33.6 Å². The molecule has 8 heteroatoms. The molecule has 1 aromatic carbocycles. The Morgan fingerprint density at radius 2 is 1.95 bits per heavy atom. The molecule has 21 heavy (non-hydrogen) atoms. The van der Waals surface area contributed by atoms with Crippen molar-refractivity contribution >= 4 is 33.3 Å². The second-order valence-electron chi connectivity index (χ2n) is 4.43. The Hall–Kier alpha value is -1.99. The Morgan fingerprint density at radius 1 is 1.29 bits per heavy atom. The topological polar surface area (TPSA) is 96.6 Å². The number of furan rings is 1. The van der Waals surface area contributed by atoms with E-state index in [-0.39, 0.29) is 21.4 Å². The Morgan fingerprint density at radius 3 is 2.48 bits per heavy atom. The molecule has 0 saturated carbocycles. The van der Waals surface area contributed by atoms with Gasteiger partial charge >= 0.3 is 5.97 Å². The van der Waals surface area contributed by atoms with Crippen LogP contribution in [0.2, 0.25) is 5.02 Å². The van der Waals surface area contributed by atoms with Crippen molar-refractivity contribution < 1.29 is 22.7 Å². The molecule has 0 fully saturated rings. The van der Waals surface area contributed by atoms with Gasteiger partial charge in [-0.05, 0) is 31.5 Å². The number of benzene rings is 1. The van der Waals surface area contributed by atoms with Crippen LogP contribution in [-0.4, -0.2) is 19.5 Å². The summed E-state index contributed by atoms with van der Waals surface area (Å²) in [7, 11) is -3.98. The van der Waals surface area contributed by atoms with Crippen molar-refractivity contribution in [3.8, 4) is 0 Å². The molecule has 0 amide bonds. The van der Waals surface area contributed by atoms with E-state index in [0.717, 1.165) is 11.6 Å². The summed E-state index contributed by atoms with van der Waals surface area (Å²) in [5.74, 6) is -1.79. The Balaban J connectivity index is 2.41. The molecule has 112 valence electrons. The number of rotatable bonds is 4. The predicted molar refractivity (Wildman–Crippen MR) is 77.4 cm³/mol. The van der Waals surface area contributed by atoms with Gasteiger partial charge in [0.1, 0.15) is 10.7 Å². The molecule has 0 spiro atoms. The minimum Gasteiger partial charge on any atom is -0.475 e. The van der Waals surface area contributed by atoms with Gasteiger partial charge in [-0.3, -0.25) is 4.72 Å². The molecule has 0 unspecified atom stereocenters. The molecule has 1 aromatic heterocycles. The van der Waals surface area contributed by atoms with Gasteiger partial charge in [0.05, 0.1) is 10.7 Å². The average molecular weight is 330 g/mol. The average Bonchev–Trinajstić information content (AvgIpc) is 2.76. The van der Waals surface area contributed by atoms with Crippen molar-refractivity contribution in [1.82, 2.24) is 0 Å². The van der Waals surface area contributed by atoms with E-state index in [2.05, 4.69) is 4.72 Å². The van der Waals surface area contributed by atoms with Crippen LogP contribution in [-0.2, 0) is 10.0 Å². The van der Waals surface area contributed by atoms with Crippen LogP contribution >= 0.6 is 11.6 Å². The van der Waals surface area contributed by atoms with Crippen LogP contribution in [0.3, 0.4) is 0 Å². The lowest BCUT2D eigenvalue weighted by atomic mass is 10.2. The van der Waals surface area contributed by atoms with Crippen LogP contribution in [0.1, 0.15) is 21.9 Å². The fourth-order valence-corrected chi connectivity index (χ4v) is 3.34. The minimum atomic E-state index is -3.98. The predicted octanol–water partition coefficient (Wildman–Crippen LogP) is 3.05. The Bertz CT molecular complexity index is 810. The van der Waals surface area contributed by atoms with Crippen LogP contribution in [0.5, 0.6) is 0 Å². The highest BCUT2D eigenvalue weighted by Crippen LogP contribution is 2.27. The number of carboxylic acid groups (broad SMARTS) is 1. The molecule has 2 aromatic rings. The minimum absolute atomic E-state index is 0.0110. The lowest BCUT2D eigenvalue weighted by Crippen LogP contribution is -2.13. The maximum atomic E-state index is 12.3. The van der Waals surface area contributed by atoms with Gasteiger partial charge < -0.3 is 9.52 Å². The third-order valence-electron chi connectivity index (χ3n) is 2.74. The van der Waals surface area contributed by atoms with E-state index in [1.807, 2.05) is 6.92 Å². The van der Waals surface area contributed by atoms with E-state index in [1.165, 1.54) is 13.0 Å². The van der Waals surface area contributed by atoms with Gasteiger partial charge in [0, 0.05) is 6.07 Å². The highest BCUT2D eigenvalue weighted by Gasteiger charge is 2.24. The van der Waals surface area contributed by atoms with Crippen molar-refractivity contribution in [3.63, 3.8) is 0 Å². The summed E-state index contributed by atoms with van der Waals surface area (Å²) < 4.78 is 31.8. The number of halogens is 1. The molecule has 1 heterocycles. The SMILES string of the molecule is Cc1ccc(NS(=O)(=O)c2cc(C(=O)O)oc2C)c(Cl)c1. The van der Waals surface area contributed by atoms with Crippen LogP contribution < -0.4 is 4.72 Å². The number of aryl methyl sites for hydroxylation is 2. The zero-order chi connectivity index (χ0) is 15.8. The van der Waals surface area contributed by atoms with Gasteiger partial charge in [0.2, 0.25) is 5.76 Å². The van der Waals surface area contributed by atoms with Gasteiger partial charge in [0.15, 0.2) is 0 Å². The zero-order valence-electron chi connectivity index (χ0n) is 11.2. The lowest BCUT2D eigenvalue weighted by Gasteiger charge is -2.09. The third-order valence-corrected chi connectivity index (χ3v) is 4.53. The van der Waals surface area contributed by atoms with Crippen molar-refractivity contribution in [2.75, 3.05) is 4.72 Å². The number of anilines is 1. The van der Waals surface area contributed by atoms with Crippen LogP contribution in [0.4, 0.5) is 5.69 Å². The smallest absolute Gasteiger partial charge is 0.371 e. The molecule has 2 rings (SSSR count). The van der Waals surface area contributed by atoms with E-state index in [9.17, 15) is 13.2 Å². The quantitative estimate of drug-likeness (QED) is 0.898. The second kappa shape index (κ2) is 5.42. The first kappa shape index (κ1) is 15.4. The van der Waals surface area contributed by atoms with Gasteiger partial charge in [0.25, 0.3) is 10.0 Å². The summed E-state index contributed by atoms with van der Waals surface area (Å²) in [6.07, 6.45) is 0. The number of nitrogens with one attached hydrogen (secondary N) is 1. The van der Waals surface area contributed by atoms with E-state index >= 15 is 0 Å². The van der Waals surface area contributed by atoms with E-state index in [1.54, 1.807) is 12.1 Å². The van der Waals surface area contributed by atoms with Crippen molar-refractivity contribution in [2.45, 2.75) is 18.7 Å². The van der Waals surface area contributed by atoms with Gasteiger partial charge in [-0.15, -0.1) is 0 Å². The van der Waals surface area contributed by atoms with Crippen LogP contribution in [0.25, 0.3) is 0 Å². The zero-order valence-corrected chi connectivity index (χ0v) is 12.7. The molecule has 0 radical (unpaired) electrons. The highest BCUT2D eigenvalue weighted by atomic mass is 35.5. The third kappa shape index (κ3) is 3.20. The van der Waals surface area contributed by atoms with E-state index in [4.69, 9.17) is 21.1 Å². The first-order valence-corrected chi connectivity index (χ1v) is 7.69. The molecular formula is C13H12ClNO5S. The largest absolute Gasteiger partial charge is 0.475 e. The Kier molecular flexibility index (Phi) is 3.97. The number of carboxylic acids is 1. The monoisotopic (exact) mass is 329 g/mol. The summed E-state index contributed by atoms with van der Waals surface area (Å²) in [5.41, 5.74) is 1.09. The summed E-state index contributed by atoms with van der Waals surface area (Å²) >= 11 is 5.97. The molecule has 6 nitrogen and oxygen atoms in total. The summed E-state index contributed by atoms with van der Waals surface area (Å²) in [4.78, 5) is 10.6. The molecular weight excluding hydrogens is 318 g/mol. The summed E-state index contributed by atoms with van der Waals surface area (Å²) in [6.45, 7) is 3.20. The molecule has 0 aliphatic rings. The molecule has 0 atom stereocenters. The van der Waals surface area contributed by atoms with Crippen molar-refractivity contribution in [1.29, 1.82) is 0 Å². The first-order valence-electron chi connectivity index (χ1n) is 5.83. The number of hydrogen-bond acceptors (Lipinski definition) is 4. The van der Waals surface area contributed by atoms with Gasteiger partial charge in [-0.1, -0.05) is 17.7 Å². The standard InChI is InChI=1S/C13H12ClNO5S/c1-7-3-4-10(9(14)5-7)15-21(18,19)12-6-11(13(16)17)20-8(12)2/h3-6,15H,1-2H3,(H,16,17). The van der Waals surface area contributed by atoms with Gasteiger partial charge in [-0.25, -0.2) is 13.2 Å². The first-order chi connectivity index (χ1) is 9.70. The van der Waals surface area contributed by atoms with Crippen LogP contribution in [0, 0.1) is 13.8 Å². The number of sulfonamides is 1. The van der Waals surface area contributed by atoms with E-state index < -0.39 is 21.8 Å². The maximum Gasteiger partial charge on any atom is 0.371 e. The van der Waals surface area contributed by atoms with Crippen molar-refractivity contribution in [2.24, 2.45) is 0 Å².